The van der Waals surface area contributed by atoms with Crippen molar-refractivity contribution < 1.29 is 9.53 Å². The van der Waals surface area contributed by atoms with E-state index in [0.717, 1.165) is 28.3 Å². The molecule has 22 heavy (non-hydrogen) atoms. The molecule has 0 saturated carbocycles. The Hall–Kier alpha value is -2.49. The maximum atomic E-state index is 12.0. The van der Waals surface area contributed by atoms with Crippen LogP contribution in [0.15, 0.2) is 42.5 Å². The first-order valence-corrected chi connectivity index (χ1v) is 7.41. The van der Waals surface area contributed by atoms with E-state index in [0.29, 0.717) is 6.61 Å². The fourth-order valence-electron chi connectivity index (χ4n) is 2.27. The van der Waals surface area contributed by atoms with Gasteiger partial charge in [-0.25, -0.2) is 0 Å². The summed E-state index contributed by atoms with van der Waals surface area (Å²) in [5, 5.41) is 6.00. The summed E-state index contributed by atoms with van der Waals surface area (Å²) in [5.41, 5.74) is 3.99. The number of rotatable bonds is 6. The van der Waals surface area contributed by atoms with Gasteiger partial charge >= 0.3 is 0 Å². The molecule has 2 N–H and O–H groups in total. The van der Waals surface area contributed by atoms with Crippen LogP contribution in [0.2, 0.25) is 0 Å². The third-order valence-electron chi connectivity index (χ3n) is 3.12. The molecule has 2 aromatic carbocycles. The maximum Gasteiger partial charge on any atom is 0.243 e. The number of amides is 1. The number of nitrogens with one attached hydrogen (secondary N) is 2. The molecule has 0 aliphatic heterocycles. The lowest BCUT2D eigenvalue weighted by molar-refractivity contribution is -0.114. The van der Waals surface area contributed by atoms with Crippen LogP contribution < -0.4 is 15.4 Å². The Balaban J connectivity index is 1.87. The van der Waals surface area contributed by atoms with Gasteiger partial charge in [-0.1, -0.05) is 6.07 Å². The van der Waals surface area contributed by atoms with Gasteiger partial charge in [0.25, 0.3) is 0 Å². The zero-order valence-corrected chi connectivity index (χ0v) is 13.3. The molecule has 0 heterocycles. The maximum absolute atomic E-state index is 12.0. The second-order valence-electron chi connectivity index (χ2n) is 5.24. The Morgan fingerprint density at radius 2 is 1.64 bits per heavy atom. The van der Waals surface area contributed by atoms with E-state index in [2.05, 4.69) is 16.7 Å². The van der Waals surface area contributed by atoms with Crippen LogP contribution in [0, 0.1) is 13.8 Å². The molecule has 0 atom stereocenters. The molecule has 0 fully saturated rings. The minimum absolute atomic E-state index is 0.0705. The molecule has 0 spiro atoms. The number of aryl methyl sites for hydroxylation is 2. The fourth-order valence-corrected chi connectivity index (χ4v) is 2.27. The van der Waals surface area contributed by atoms with Crippen LogP contribution in [0.1, 0.15) is 18.1 Å². The highest BCUT2D eigenvalue weighted by molar-refractivity contribution is 5.93. The molecule has 4 nitrogen and oxygen atoms in total. The summed E-state index contributed by atoms with van der Waals surface area (Å²) in [7, 11) is 0. The van der Waals surface area contributed by atoms with E-state index >= 15 is 0 Å². The number of carbonyl (C=O) groups excluding carboxylic acids is 1. The van der Waals surface area contributed by atoms with Crippen molar-refractivity contribution in [2.24, 2.45) is 0 Å². The van der Waals surface area contributed by atoms with Gasteiger partial charge in [-0.3, -0.25) is 4.79 Å². The number of benzene rings is 2. The second-order valence-corrected chi connectivity index (χ2v) is 5.24. The van der Waals surface area contributed by atoms with Gasteiger partial charge in [-0.05, 0) is 68.3 Å². The van der Waals surface area contributed by atoms with Crippen LogP contribution in [0.25, 0.3) is 0 Å². The third-order valence-corrected chi connectivity index (χ3v) is 3.12. The molecule has 0 bridgehead atoms. The molecule has 116 valence electrons. The topological polar surface area (TPSA) is 50.4 Å². The fraction of sp³-hybridized carbons (Fsp3) is 0.278. The molecular weight excluding hydrogens is 276 g/mol. The summed E-state index contributed by atoms with van der Waals surface area (Å²) >= 11 is 0. The SMILES string of the molecule is CCOc1ccc(NCC(=O)Nc2cc(C)cc(C)c2)cc1. The highest BCUT2D eigenvalue weighted by Gasteiger charge is 2.03. The van der Waals surface area contributed by atoms with Crippen LogP contribution >= 0.6 is 0 Å². The number of hydrogen-bond acceptors (Lipinski definition) is 3. The molecule has 4 heteroatoms. The van der Waals surface area contributed by atoms with E-state index < -0.39 is 0 Å². The largest absolute Gasteiger partial charge is 0.494 e. The molecule has 0 aromatic heterocycles. The highest BCUT2D eigenvalue weighted by Crippen LogP contribution is 2.16. The first-order valence-electron chi connectivity index (χ1n) is 7.41. The van der Waals surface area contributed by atoms with Gasteiger partial charge in [-0.2, -0.15) is 0 Å². The van der Waals surface area contributed by atoms with E-state index in [1.807, 2.05) is 57.2 Å². The number of anilines is 2. The van der Waals surface area contributed by atoms with Gasteiger partial charge in [0, 0.05) is 11.4 Å². The zero-order valence-electron chi connectivity index (χ0n) is 13.3. The van der Waals surface area contributed by atoms with Crippen LogP contribution in [0.5, 0.6) is 5.75 Å². The van der Waals surface area contributed by atoms with Gasteiger partial charge in [0.2, 0.25) is 5.91 Å². The van der Waals surface area contributed by atoms with E-state index in [1.54, 1.807) is 0 Å². The standard InChI is InChI=1S/C18H22N2O2/c1-4-22-17-7-5-15(6-8-17)19-12-18(21)20-16-10-13(2)9-14(3)11-16/h5-11,19H,4,12H2,1-3H3,(H,20,21). The summed E-state index contributed by atoms with van der Waals surface area (Å²) in [6.07, 6.45) is 0. The summed E-state index contributed by atoms with van der Waals surface area (Å²) in [5.74, 6) is 0.756. The summed E-state index contributed by atoms with van der Waals surface area (Å²) in [6, 6.07) is 13.6. The monoisotopic (exact) mass is 298 g/mol. The molecule has 2 rings (SSSR count). The van der Waals surface area contributed by atoms with E-state index in [-0.39, 0.29) is 12.5 Å². The molecule has 0 radical (unpaired) electrons. The molecule has 0 aliphatic rings. The van der Waals surface area contributed by atoms with E-state index in [1.165, 1.54) is 0 Å². The Morgan fingerprint density at radius 1 is 1.00 bits per heavy atom. The van der Waals surface area contributed by atoms with Crippen LogP contribution in [-0.2, 0) is 4.79 Å². The normalized spacial score (nSPS) is 10.1. The van der Waals surface area contributed by atoms with Gasteiger partial charge < -0.3 is 15.4 Å². The molecule has 2 aromatic rings. The molecular formula is C18H22N2O2. The number of hydrogen-bond donors (Lipinski definition) is 2. The zero-order chi connectivity index (χ0) is 15.9. The van der Waals surface area contributed by atoms with Crippen molar-refractivity contribution in [2.45, 2.75) is 20.8 Å². The lowest BCUT2D eigenvalue weighted by Crippen LogP contribution is -2.21. The Bertz CT molecular complexity index is 616. The Kier molecular flexibility index (Phi) is 5.42. The number of carbonyl (C=O) groups is 1. The average Bonchev–Trinajstić information content (AvgIpc) is 2.46. The molecule has 1 amide bonds. The van der Waals surface area contributed by atoms with Gasteiger partial charge in [0.05, 0.1) is 13.2 Å². The predicted octanol–water partition coefficient (Wildman–Crippen LogP) is 3.75. The summed E-state index contributed by atoms with van der Waals surface area (Å²) in [4.78, 5) is 12.0. The highest BCUT2D eigenvalue weighted by atomic mass is 16.5. The van der Waals surface area contributed by atoms with Crippen molar-refractivity contribution in [3.05, 3.63) is 53.6 Å². The quantitative estimate of drug-likeness (QED) is 0.854. The van der Waals surface area contributed by atoms with Crippen molar-refractivity contribution >= 4 is 17.3 Å². The van der Waals surface area contributed by atoms with Crippen molar-refractivity contribution in [1.82, 2.24) is 0 Å². The van der Waals surface area contributed by atoms with E-state index in [9.17, 15) is 4.79 Å². The second kappa shape index (κ2) is 7.50. The molecule has 0 aliphatic carbocycles. The van der Waals surface area contributed by atoms with Gasteiger partial charge in [0.15, 0.2) is 0 Å². The van der Waals surface area contributed by atoms with Crippen LogP contribution in [0.4, 0.5) is 11.4 Å². The molecule has 0 saturated heterocycles. The van der Waals surface area contributed by atoms with Crippen molar-refractivity contribution in [3.63, 3.8) is 0 Å². The van der Waals surface area contributed by atoms with Crippen molar-refractivity contribution in [1.29, 1.82) is 0 Å². The van der Waals surface area contributed by atoms with E-state index in [4.69, 9.17) is 4.74 Å². The minimum atomic E-state index is -0.0705. The third kappa shape index (κ3) is 4.81. The van der Waals surface area contributed by atoms with Gasteiger partial charge in [0.1, 0.15) is 5.75 Å². The lowest BCUT2D eigenvalue weighted by Gasteiger charge is -2.10. The Morgan fingerprint density at radius 3 is 2.23 bits per heavy atom. The predicted molar refractivity (Wildman–Crippen MR) is 90.6 cm³/mol. The Labute approximate surface area is 131 Å². The minimum Gasteiger partial charge on any atom is -0.494 e. The number of ether oxygens (including phenoxy) is 1. The first kappa shape index (κ1) is 15.9. The molecule has 0 unspecified atom stereocenters. The summed E-state index contributed by atoms with van der Waals surface area (Å²) in [6.45, 7) is 6.84. The van der Waals surface area contributed by atoms with Crippen LogP contribution in [0.3, 0.4) is 0 Å². The average molecular weight is 298 g/mol. The van der Waals surface area contributed by atoms with Crippen molar-refractivity contribution in [3.8, 4) is 5.75 Å². The smallest absolute Gasteiger partial charge is 0.243 e. The lowest BCUT2D eigenvalue weighted by atomic mass is 10.1. The van der Waals surface area contributed by atoms with Crippen LogP contribution in [-0.4, -0.2) is 19.1 Å². The summed E-state index contributed by atoms with van der Waals surface area (Å²) < 4.78 is 5.38. The van der Waals surface area contributed by atoms with Gasteiger partial charge in [-0.15, -0.1) is 0 Å². The first-order chi connectivity index (χ1) is 10.6. The van der Waals surface area contributed by atoms with Crippen molar-refractivity contribution in [2.75, 3.05) is 23.8 Å².